The molecule has 33 heavy (non-hydrogen) atoms. The highest BCUT2D eigenvalue weighted by Gasteiger charge is 2.65. The lowest BCUT2D eigenvalue weighted by molar-refractivity contribution is -0.277. The molecule has 3 aromatic rings. The van der Waals surface area contributed by atoms with Gasteiger partial charge in [-0.2, -0.15) is 13.2 Å². The van der Waals surface area contributed by atoms with Gasteiger partial charge in [-0.1, -0.05) is 43.5 Å². The van der Waals surface area contributed by atoms with E-state index >= 15 is 0 Å². The second-order valence-electron chi connectivity index (χ2n) is 9.38. The molecule has 2 aliphatic rings. The van der Waals surface area contributed by atoms with Gasteiger partial charge in [0.05, 0.1) is 6.04 Å². The van der Waals surface area contributed by atoms with Crippen LogP contribution in [0, 0.1) is 12.7 Å². The molecule has 5 rings (SSSR count). The van der Waals surface area contributed by atoms with E-state index in [-0.39, 0.29) is 16.6 Å². The molecule has 2 atom stereocenters. The van der Waals surface area contributed by atoms with Crippen molar-refractivity contribution >= 4 is 16.6 Å². The van der Waals surface area contributed by atoms with Crippen LogP contribution in [0.4, 0.5) is 23.2 Å². The first-order valence-corrected chi connectivity index (χ1v) is 11.2. The molecule has 0 radical (unpaired) electrons. The van der Waals surface area contributed by atoms with Gasteiger partial charge in [0.1, 0.15) is 17.2 Å². The molecular weight excluding hydrogens is 434 g/mol. The Bertz CT molecular complexity index is 1210. The fourth-order valence-corrected chi connectivity index (χ4v) is 5.79. The van der Waals surface area contributed by atoms with Gasteiger partial charge in [-0.3, -0.25) is 0 Å². The van der Waals surface area contributed by atoms with Crippen molar-refractivity contribution in [3.8, 4) is 0 Å². The molecule has 2 aromatic carbocycles. The van der Waals surface area contributed by atoms with Crippen LogP contribution in [-0.4, -0.2) is 26.9 Å². The van der Waals surface area contributed by atoms with Crippen LogP contribution < -0.4 is 5.32 Å². The maximum Gasteiger partial charge on any atom is 0.419 e. The minimum absolute atomic E-state index is 0.0240. The monoisotopic (exact) mass is 459 g/mol. The topological polar surface area (TPSA) is 58.0 Å². The zero-order valence-corrected chi connectivity index (χ0v) is 18.2. The molecular formula is C25H25F4N3O. The minimum Gasteiger partial charge on any atom is -0.379 e. The summed E-state index contributed by atoms with van der Waals surface area (Å²) < 4.78 is 58.1. The van der Waals surface area contributed by atoms with Gasteiger partial charge in [0.25, 0.3) is 0 Å². The Morgan fingerprint density at radius 1 is 1.06 bits per heavy atom. The summed E-state index contributed by atoms with van der Waals surface area (Å²) in [7, 11) is 0. The van der Waals surface area contributed by atoms with Crippen molar-refractivity contribution in [1.29, 1.82) is 0 Å². The molecule has 2 N–H and O–H groups in total. The number of nitrogens with one attached hydrogen (secondary N) is 1. The largest absolute Gasteiger partial charge is 0.419 e. The number of fused-ring (bicyclic) bond motifs is 3. The van der Waals surface area contributed by atoms with Gasteiger partial charge in [0, 0.05) is 17.3 Å². The quantitative estimate of drug-likeness (QED) is 0.453. The van der Waals surface area contributed by atoms with Crippen LogP contribution in [0.5, 0.6) is 0 Å². The summed E-state index contributed by atoms with van der Waals surface area (Å²) in [6.45, 7) is 1.61. The maximum atomic E-state index is 14.6. The van der Waals surface area contributed by atoms with Crippen molar-refractivity contribution < 1.29 is 22.7 Å². The molecule has 2 aliphatic carbocycles. The van der Waals surface area contributed by atoms with E-state index in [9.17, 15) is 22.7 Å². The number of hydrogen-bond donors (Lipinski definition) is 2. The van der Waals surface area contributed by atoms with Crippen LogP contribution >= 0.6 is 0 Å². The molecule has 0 amide bonds. The molecule has 2 unspecified atom stereocenters. The van der Waals surface area contributed by atoms with Crippen molar-refractivity contribution in [2.75, 3.05) is 5.32 Å². The van der Waals surface area contributed by atoms with E-state index in [1.165, 1.54) is 18.3 Å². The molecule has 1 heterocycles. The molecule has 1 fully saturated rings. The number of nitrogens with zero attached hydrogens (tertiary/aromatic N) is 2. The molecule has 174 valence electrons. The van der Waals surface area contributed by atoms with Gasteiger partial charge >= 0.3 is 6.18 Å². The zero-order chi connectivity index (χ0) is 23.4. The molecule has 1 saturated carbocycles. The summed E-state index contributed by atoms with van der Waals surface area (Å²) in [6, 6.07) is 8.17. The van der Waals surface area contributed by atoms with E-state index < -0.39 is 35.5 Å². The zero-order valence-electron chi connectivity index (χ0n) is 18.2. The number of aromatic nitrogens is 2. The summed E-state index contributed by atoms with van der Waals surface area (Å²) in [4.78, 5) is 8.21. The van der Waals surface area contributed by atoms with Crippen molar-refractivity contribution in [2.45, 2.75) is 68.7 Å². The first-order valence-electron chi connectivity index (χ1n) is 11.2. The summed E-state index contributed by atoms with van der Waals surface area (Å²) in [5.74, 6) is -0.232. The van der Waals surface area contributed by atoms with E-state index in [1.807, 2.05) is 12.1 Å². The normalized spacial score (nSPS) is 24.6. The maximum absolute atomic E-state index is 14.6. The molecule has 8 heteroatoms. The number of rotatable bonds is 2. The summed E-state index contributed by atoms with van der Waals surface area (Å²) >= 11 is 0. The third kappa shape index (κ3) is 3.46. The number of hydrogen-bond acceptors (Lipinski definition) is 4. The van der Waals surface area contributed by atoms with Gasteiger partial charge in [-0.25, -0.2) is 14.4 Å². The predicted molar refractivity (Wildman–Crippen MR) is 117 cm³/mol. The van der Waals surface area contributed by atoms with Gasteiger partial charge in [0.2, 0.25) is 0 Å². The first-order chi connectivity index (χ1) is 15.6. The SMILES string of the molecule is Cc1ncc2c(NC3c4ccccc4C4(CCCCC4)CC3(O)C(F)(F)F)ccc(F)c2n1. The van der Waals surface area contributed by atoms with E-state index in [0.717, 1.165) is 24.8 Å². The van der Waals surface area contributed by atoms with Crippen molar-refractivity contribution in [3.05, 3.63) is 65.4 Å². The summed E-state index contributed by atoms with van der Waals surface area (Å²) in [6.07, 6.45) is -0.00859. The molecule has 4 nitrogen and oxygen atoms in total. The molecule has 0 bridgehead atoms. The molecule has 1 spiro atoms. The van der Waals surface area contributed by atoms with Crippen molar-refractivity contribution in [2.24, 2.45) is 0 Å². The third-order valence-electron chi connectivity index (χ3n) is 7.35. The number of aliphatic hydroxyl groups is 1. The van der Waals surface area contributed by atoms with Crippen molar-refractivity contribution in [3.63, 3.8) is 0 Å². The lowest BCUT2D eigenvalue weighted by atomic mass is 9.57. The second-order valence-corrected chi connectivity index (χ2v) is 9.38. The lowest BCUT2D eigenvalue weighted by Crippen LogP contribution is -2.59. The number of benzene rings is 2. The highest BCUT2D eigenvalue weighted by molar-refractivity contribution is 5.91. The first kappa shape index (κ1) is 22.1. The summed E-state index contributed by atoms with van der Waals surface area (Å²) in [5, 5.41) is 14.6. The highest BCUT2D eigenvalue weighted by atomic mass is 19.4. The van der Waals surface area contributed by atoms with E-state index in [0.29, 0.717) is 24.2 Å². The minimum atomic E-state index is -4.87. The van der Waals surface area contributed by atoms with E-state index in [4.69, 9.17) is 0 Å². The Hall–Kier alpha value is -2.74. The number of aryl methyl sites for hydroxylation is 1. The van der Waals surface area contributed by atoms with Crippen LogP contribution in [0.25, 0.3) is 10.9 Å². The smallest absolute Gasteiger partial charge is 0.379 e. The van der Waals surface area contributed by atoms with Gasteiger partial charge in [0.15, 0.2) is 5.60 Å². The second kappa shape index (κ2) is 7.65. The van der Waals surface area contributed by atoms with Crippen LogP contribution in [0.2, 0.25) is 0 Å². The standard InChI is InChI=1S/C25H25F4N3O/c1-15-30-13-17-20(10-9-19(26)21(17)31-15)32-22-16-7-3-4-8-18(16)23(11-5-2-6-12-23)14-24(22,33)25(27,28)29/h3-4,7-10,13,22,32-33H,2,5-6,11-12,14H2,1H3. The van der Waals surface area contributed by atoms with Gasteiger partial charge < -0.3 is 10.4 Å². The van der Waals surface area contributed by atoms with Crippen molar-refractivity contribution in [1.82, 2.24) is 9.97 Å². The number of anilines is 1. The Morgan fingerprint density at radius 3 is 2.52 bits per heavy atom. The Labute approximate surface area is 189 Å². The van der Waals surface area contributed by atoms with E-state index in [2.05, 4.69) is 15.3 Å². The lowest BCUT2D eigenvalue weighted by Gasteiger charge is -2.52. The van der Waals surface area contributed by atoms with Crippen LogP contribution in [0.15, 0.2) is 42.6 Å². The Balaban J connectivity index is 1.69. The van der Waals surface area contributed by atoms with Gasteiger partial charge in [-0.15, -0.1) is 0 Å². The Kier molecular flexibility index (Phi) is 5.12. The third-order valence-corrected chi connectivity index (χ3v) is 7.35. The van der Waals surface area contributed by atoms with Crippen LogP contribution in [0.3, 0.4) is 0 Å². The highest BCUT2D eigenvalue weighted by Crippen LogP contribution is 2.58. The predicted octanol–water partition coefficient (Wildman–Crippen LogP) is 6.13. The van der Waals surface area contributed by atoms with Gasteiger partial charge in [-0.05, 0) is 54.9 Å². The Morgan fingerprint density at radius 2 is 1.79 bits per heavy atom. The average molecular weight is 459 g/mol. The van der Waals surface area contributed by atoms with Crippen LogP contribution in [-0.2, 0) is 5.41 Å². The fourth-order valence-electron chi connectivity index (χ4n) is 5.79. The summed E-state index contributed by atoms with van der Waals surface area (Å²) in [5.41, 5.74) is -2.16. The number of halogens is 4. The molecule has 0 aliphatic heterocycles. The molecule has 1 aromatic heterocycles. The number of alkyl halides is 3. The van der Waals surface area contributed by atoms with Crippen LogP contribution in [0.1, 0.15) is 61.5 Å². The molecule has 0 saturated heterocycles. The average Bonchev–Trinajstić information content (AvgIpc) is 2.78. The van der Waals surface area contributed by atoms with E-state index in [1.54, 1.807) is 19.1 Å². The fraction of sp³-hybridized carbons (Fsp3) is 0.440.